The van der Waals surface area contributed by atoms with Crippen LogP contribution in [0, 0.1) is 11.8 Å². The van der Waals surface area contributed by atoms with Gasteiger partial charge in [-0.1, -0.05) is 20.3 Å². The van der Waals surface area contributed by atoms with Crippen molar-refractivity contribution < 1.29 is 0 Å². The average Bonchev–Trinajstić information content (AvgIpc) is 2.70. The van der Waals surface area contributed by atoms with Gasteiger partial charge in [-0.15, -0.1) is 0 Å². The van der Waals surface area contributed by atoms with Crippen molar-refractivity contribution in [3.05, 3.63) is 0 Å². The number of likely N-dealkylation sites (tertiary alicyclic amines) is 1. The molecule has 2 saturated heterocycles. The van der Waals surface area contributed by atoms with E-state index in [1.54, 1.807) is 0 Å². The minimum absolute atomic E-state index is 0.790. The van der Waals surface area contributed by atoms with Gasteiger partial charge in [-0.25, -0.2) is 0 Å². The van der Waals surface area contributed by atoms with E-state index >= 15 is 0 Å². The van der Waals surface area contributed by atoms with Crippen LogP contribution in [0.5, 0.6) is 0 Å². The maximum atomic E-state index is 3.56. The van der Waals surface area contributed by atoms with Crippen LogP contribution < -0.4 is 5.32 Å². The third kappa shape index (κ3) is 2.21. The third-order valence-electron chi connectivity index (χ3n) is 4.68. The van der Waals surface area contributed by atoms with Gasteiger partial charge in [0.15, 0.2) is 0 Å². The zero-order chi connectivity index (χ0) is 10.8. The molecule has 2 heteroatoms. The summed E-state index contributed by atoms with van der Waals surface area (Å²) in [7, 11) is 0. The second-order valence-corrected chi connectivity index (χ2v) is 5.49. The number of piperidine rings is 1. The van der Waals surface area contributed by atoms with Crippen LogP contribution in [0.25, 0.3) is 0 Å². The lowest BCUT2D eigenvalue weighted by atomic mass is 9.88. The van der Waals surface area contributed by atoms with Gasteiger partial charge in [0, 0.05) is 18.6 Å². The summed E-state index contributed by atoms with van der Waals surface area (Å²) < 4.78 is 0. The van der Waals surface area contributed by atoms with E-state index in [1.807, 2.05) is 0 Å². The van der Waals surface area contributed by atoms with Crippen molar-refractivity contribution in [2.75, 3.05) is 19.6 Å². The summed E-state index contributed by atoms with van der Waals surface area (Å²) in [4.78, 5) is 2.78. The molecule has 2 heterocycles. The van der Waals surface area contributed by atoms with Crippen LogP contribution in [0.15, 0.2) is 0 Å². The average molecular weight is 210 g/mol. The Morgan fingerprint density at radius 1 is 1.27 bits per heavy atom. The molecule has 1 N–H and O–H groups in total. The summed E-state index contributed by atoms with van der Waals surface area (Å²) in [5.41, 5.74) is 0. The van der Waals surface area contributed by atoms with Crippen molar-refractivity contribution in [3.8, 4) is 0 Å². The van der Waals surface area contributed by atoms with Crippen molar-refractivity contribution in [2.24, 2.45) is 11.8 Å². The molecule has 2 fully saturated rings. The first kappa shape index (κ1) is 11.4. The van der Waals surface area contributed by atoms with Gasteiger partial charge >= 0.3 is 0 Å². The highest BCUT2D eigenvalue weighted by Crippen LogP contribution is 2.29. The Morgan fingerprint density at radius 2 is 2.07 bits per heavy atom. The summed E-state index contributed by atoms with van der Waals surface area (Å²) in [6, 6.07) is 1.60. The standard InChI is InChI=1S/C13H26N2/c1-4-12-8-14-9-13(12)15-7-5-6-10(2)11(15)3/h10-14H,4-9H2,1-3H3. The molecule has 0 aromatic heterocycles. The van der Waals surface area contributed by atoms with Crippen LogP contribution >= 0.6 is 0 Å². The molecule has 0 aromatic rings. The van der Waals surface area contributed by atoms with E-state index in [2.05, 4.69) is 31.0 Å². The molecule has 2 aliphatic rings. The van der Waals surface area contributed by atoms with Gasteiger partial charge in [-0.3, -0.25) is 4.90 Å². The maximum Gasteiger partial charge on any atom is 0.0263 e. The summed E-state index contributed by atoms with van der Waals surface area (Å²) in [6.45, 7) is 11.0. The molecular weight excluding hydrogens is 184 g/mol. The molecule has 15 heavy (non-hydrogen) atoms. The van der Waals surface area contributed by atoms with Crippen molar-refractivity contribution >= 4 is 0 Å². The lowest BCUT2D eigenvalue weighted by Crippen LogP contribution is -2.51. The summed E-state index contributed by atoms with van der Waals surface area (Å²) in [5, 5.41) is 3.56. The SMILES string of the molecule is CCC1CNCC1N1CCCC(C)C1C. The number of nitrogens with one attached hydrogen (secondary N) is 1. The van der Waals surface area contributed by atoms with Crippen LogP contribution in [0.1, 0.15) is 40.0 Å². The molecule has 0 aromatic carbocycles. The monoisotopic (exact) mass is 210 g/mol. The van der Waals surface area contributed by atoms with E-state index in [0.29, 0.717) is 0 Å². The first-order valence-electron chi connectivity index (χ1n) is 6.70. The van der Waals surface area contributed by atoms with Crippen LogP contribution in [0.2, 0.25) is 0 Å². The molecule has 0 saturated carbocycles. The quantitative estimate of drug-likeness (QED) is 0.751. The van der Waals surface area contributed by atoms with Crippen molar-refractivity contribution in [3.63, 3.8) is 0 Å². The molecule has 4 atom stereocenters. The first-order valence-corrected chi connectivity index (χ1v) is 6.70. The highest BCUT2D eigenvalue weighted by Gasteiger charge is 2.36. The molecular formula is C13H26N2. The number of nitrogens with zero attached hydrogens (tertiary/aromatic N) is 1. The predicted molar refractivity (Wildman–Crippen MR) is 65.0 cm³/mol. The number of hydrogen-bond donors (Lipinski definition) is 1. The molecule has 0 bridgehead atoms. The Morgan fingerprint density at radius 3 is 2.80 bits per heavy atom. The van der Waals surface area contributed by atoms with Gasteiger partial charge in [0.1, 0.15) is 0 Å². The molecule has 0 radical (unpaired) electrons. The Balaban J connectivity index is 2.01. The van der Waals surface area contributed by atoms with Gasteiger partial charge in [0.25, 0.3) is 0 Å². The Hall–Kier alpha value is -0.0800. The van der Waals surface area contributed by atoms with E-state index in [0.717, 1.165) is 23.9 Å². The van der Waals surface area contributed by atoms with Crippen molar-refractivity contribution in [1.82, 2.24) is 10.2 Å². The lowest BCUT2D eigenvalue weighted by molar-refractivity contribution is 0.0566. The van der Waals surface area contributed by atoms with Crippen LogP contribution in [-0.2, 0) is 0 Å². The fourth-order valence-electron chi connectivity index (χ4n) is 3.36. The highest BCUT2D eigenvalue weighted by molar-refractivity contribution is 4.92. The lowest BCUT2D eigenvalue weighted by Gasteiger charge is -2.43. The molecule has 2 aliphatic heterocycles. The summed E-state index contributed by atoms with van der Waals surface area (Å²) >= 11 is 0. The maximum absolute atomic E-state index is 3.56. The van der Waals surface area contributed by atoms with E-state index in [9.17, 15) is 0 Å². The van der Waals surface area contributed by atoms with Crippen LogP contribution in [0.4, 0.5) is 0 Å². The highest BCUT2D eigenvalue weighted by atomic mass is 15.2. The zero-order valence-corrected chi connectivity index (χ0v) is 10.5. The molecule has 2 nitrogen and oxygen atoms in total. The third-order valence-corrected chi connectivity index (χ3v) is 4.68. The summed E-state index contributed by atoms with van der Waals surface area (Å²) in [5.74, 6) is 1.77. The van der Waals surface area contributed by atoms with Gasteiger partial charge in [-0.05, 0) is 44.7 Å². The van der Waals surface area contributed by atoms with Crippen molar-refractivity contribution in [2.45, 2.75) is 52.1 Å². The smallest absolute Gasteiger partial charge is 0.0263 e. The molecule has 2 rings (SSSR count). The van der Waals surface area contributed by atoms with E-state index < -0.39 is 0 Å². The molecule has 88 valence electrons. The van der Waals surface area contributed by atoms with E-state index in [4.69, 9.17) is 0 Å². The second kappa shape index (κ2) is 4.84. The summed E-state index contributed by atoms with van der Waals surface area (Å²) in [6.07, 6.45) is 4.16. The Kier molecular flexibility index (Phi) is 3.68. The van der Waals surface area contributed by atoms with E-state index in [1.165, 1.54) is 38.9 Å². The predicted octanol–water partition coefficient (Wildman–Crippen LogP) is 2.10. The second-order valence-electron chi connectivity index (χ2n) is 5.49. The zero-order valence-electron chi connectivity index (χ0n) is 10.5. The number of rotatable bonds is 2. The minimum atomic E-state index is 0.790. The molecule has 0 aliphatic carbocycles. The van der Waals surface area contributed by atoms with Crippen LogP contribution in [-0.4, -0.2) is 36.6 Å². The minimum Gasteiger partial charge on any atom is -0.315 e. The van der Waals surface area contributed by atoms with Crippen LogP contribution in [0.3, 0.4) is 0 Å². The van der Waals surface area contributed by atoms with Crippen molar-refractivity contribution in [1.29, 1.82) is 0 Å². The molecule has 4 unspecified atom stereocenters. The molecule has 0 spiro atoms. The van der Waals surface area contributed by atoms with Gasteiger partial charge in [0.2, 0.25) is 0 Å². The van der Waals surface area contributed by atoms with E-state index in [-0.39, 0.29) is 0 Å². The normalized spacial score (nSPS) is 43.4. The Labute approximate surface area is 94.4 Å². The first-order chi connectivity index (χ1) is 7.24. The van der Waals surface area contributed by atoms with Gasteiger partial charge < -0.3 is 5.32 Å². The van der Waals surface area contributed by atoms with Gasteiger partial charge in [0.05, 0.1) is 0 Å². The fourth-order valence-corrected chi connectivity index (χ4v) is 3.36. The topological polar surface area (TPSA) is 15.3 Å². The number of hydrogen-bond acceptors (Lipinski definition) is 2. The van der Waals surface area contributed by atoms with Gasteiger partial charge in [-0.2, -0.15) is 0 Å². The fraction of sp³-hybridized carbons (Fsp3) is 1.00. The largest absolute Gasteiger partial charge is 0.315 e. The molecule has 0 amide bonds. The Bertz CT molecular complexity index is 205.